The van der Waals surface area contributed by atoms with E-state index in [0.29, 0.717) is 61.5 Å². The van der Waals surface area contributed by atoms with E-state index >= 15 is 0 Å². The van der Waals surface area contributed by atoms with Crippen molar-refractivity contribution in [2.24, 2.45) is 0 Å². The zero-order valence-electron chi connectivity index (χ0n) is 29.7. The van der Waals surface area contributed by atoms with Gasteiger partial charge < -0.3 is 28.9 Å². The maximum Gasteiger partial charge on any atom is 0.324 e. The Labute approximate surface area is 309 Å². The summed E-state index contributed by atoms with van der Waals surface area (Å²) < 4.78 is 20.5. The van der Waals surface area contributed by atoms with Gasteiger partial charge in [-0.25, -0.2) is 9.97 Å². The molecule has 0 radical (unpaired) electrons. The lowest BCUT2D eigenvalue weighted by Gasteiger charge is -2.14. The summed E-state index contributed by atoms with van der Waals surface area (Å²) in [6.07, 6.45) is 6.98. The van der Waals surface area contributed by atoms with E-state index in [0.717, 1.165) is 11.1 Å². The van der Waals surface area contributed by atoms with Crippen molar-refractivity contribution in [3.8, 4) is 22.3 Å². The minimum Gasteiger partial charge on any atom is -0.468 e. The van der Waals surface area contributed by atoms with Crippen molar-refractivity contribution in [1.29, 1.82) is 0 Å². The number of carbonyl (C=O) groups is 4. The Hall–Kier alpha value is -7.08. The Morgan fingerprint density at radius 2 is 0.778 bits per heavy atom. The third-order valence-corrected chi connectivity index (χ3v) is 9.28. The summed E-state index contributed by atoms with van der Waals surface area (Å²) in [6.45, 7) is 0. The minimum atomic E-state index is -1.51. The second-order valence-corrected chi connectivity index (χ2v) is 12.3. The predicted octanol–water partition coefficient (Wildman–Crippen LogP) is 6.85. The smallest absolute Gasteiger partial charge is 0.324 e. The fourth-order valence-corrected chi connectivity index (χ4v) is 6.81. The molecule has 2 aliphatic rings. The topological polar surface area (TPSA) is 163 Å². The molecule has 0 unspecified atom stereocenters. The maximum absolute atomic E-state index is 13.4. The second kappa shape index (κ2) is 14.9. The number of H-pyrrole nitrogens is 2. The van der Waals surface area contributed by atoms with Gasteiger partial charge in [-0.3, -0.25) is 19.2 Å². The predicted molar refractivity (Wildman–Crippen MR) is 203 cm³/mol. The summed E-state index contributed by atoms with van der Waals surface area (Å²) in [4.78, 5) is 70.4. The van der Waals surface area contributed by atoms with Gasteiger partial charge in [0.15, 0.2) is 11.8 Å². The molecule has 8 bridgehead atoms. The molecule has 54 heavy (non-hydrogen) atoms. The first-order valence-electron chi connectivity index (χ1n) is 16.9. The zero-order valence-corrected chi connectivity index (χ0v) is 29.7. The highest BCUT2D eigenvalue weighted by atomic mass is 16.5. The van der Waals surface area contributed by atoms with Gasteiger partial charge in [0.25, 0.3) is 0 Å². The number of fused-ring (bicyclic) bond motifs is 8. The van der Waals surface area contributed by atoms with Crippen molar-refractivity contribution in [3.05, 3.63) is 119 Å². The van der Waals surface area contributed by atoms with Crippen LogP contribution in [0.2, 0.25) is 0 Å². The van der Waals surface area contributed by atoms with Crippen molar-refractivity contribution < 1.29 is 38.1 Å². The average molecular weight is 723 g/mol. The van der Waals surface area contributed by atoms with Gasteiger partial charge in [-0.15, -0.1) is 0 Å². The Bertz CT molecular complexity index is 2360. The lowest BCUT2D eigenvalue weighted by atomic mass is 9.96. The highest BCUT2D eigenvalue weighted by Gasteiger charge is 2.37. The van der Waals surface area contributed by atoms with Crippen molar-refractivity contribution >= 4 is 70.2 Å². The molecule has 0 spiro atoms. The van der Waals surface area contributed by atoms with Crippen LogP contribution in [-0.4, -0.2) is 72.3 Å². The van der Waals surface area contributed by atoms with E-state index in [9.17, 15) is 19.2 Å². The fraction of sp³-hybridized carbons (Fsp3) is 0.143. The number of aromatic nitrogens is 4. The summed E-state index contributed by atoms with van der Waals surface area (Å²) in [5.41, 5.74) is 7.02. The molecule has 12 nitrogen and oxygen atoms in total. The second-order valence-electron chi connectivity index (χ2n) is 12.3. The molecule has 0 saturated carbocycles. The molecule has 5 heterocycles. The maximum atomic E-state index is 13.4. The molecule has 0 saturated heterocycles. The van der Waals surface area contributed by atoms with Crippen LogP contribution in [-0.2, 0) is 38.1 Å². The summed E-state index contributed by atoms with van der Waals surface area (Å²) in [7, 11) is 4.83. The molecule has 7 rings (SSSR count). The quantitative estimate of drug-likeness (QED) is 0.0964. The normalized spacial score (nSPS) is 11.8. The van der Waals surface area contributed by atoms with Crippen LogP contribution in [0, 0.1) is 0 Å². The van der Waals surface area contributed by atoms with Gasteiger partial charge in [-0.2, -0.15) is 0 Å². The summed E-state index contributed by atoms with van der Waals surface area (Å²) >= 11 is 0. The lowest BCUT2D eigenvalue weighted by Crippen LogP contribution is -2.26. The molecule has 0 amide bonds. The molecule has 0 fully saturated rings. The van der Waals surface area contributed by atoms with E-state index in [1.165, 1.54) is 28.4 Å². The highest BCUT2D eigenvalue weighted by Crippen LogP contribution is 2.37. The molecule has 2 N–H and O–H groups in total. The van der Waals surface area contributed by atoms with E-state index in [4.69, 9.17) is 28.9 Å². The van der Waals surface area contributed by atoms with Crippen LogP contribution in [0.1, 0.15) is 45.7 Å². The van der Waals surface area contributed by atoms with Gasteiger partial charge in [0.2, 0.25) is 0 Å². The van der Waals surface area contributed by atoms with Crippen LogP contribution in [0.25, 0.3) is 68.6 Å². The molecule has 2 aromatic carbocycles. The molecule has 270 valence electrons. The van der Waals surface area contributed by atoms with Crippen LogP contribution in [0.4, 0.5) is 0 Å². The first-order chi connectivity index (χ1) is 26.3. The van der Waals surface area contributed by atoms with E-state index in [-0.39, 0.29) is 5.56 Å². The number of hydrogen-bond acceptors (Lipinski definition) is 10. The molecule has 2 aliphatic heterocycles. The van der Waals surface area contributed by atoms with Crippen molar-refractivity contribution in [3.63, 3.8) is 0 Å². The number of methoxy groups -OCH3 is 4. The fourth-order valence-electron chi connectivity index (χ4n) is 6.81. The number of ether oxygens (including phenoxy) is 4. The third-order valence-electron chi connectivity index (χ3n) is 9.28. The van der Waals surface area contributed by atoms with Crippen LogP contribution in [0.5, 0.6) is 0 Å². The van der Waals surface area contributed by atoms with Crippen LogP contribution in [0.15, 0.2) is 84.9 Å². The molecule has 0 aliphatic carbocycles. The van der Waals surface area contributed by atoms with Gasteiger partial charge in [0.1, 0.15) is 0 Å². The van der Waals surface area contributed by atoms with Gasteiger partial charge in [0, 0.05) is 44.3 Å². The Morgan fingerprint density at radius 3 is 1.15 bits per heavy atom. The molecule has 0 atom stereocenters. The third kappa shape index (κ3) is 6.34. The summed E-state index contributed by atoms with van der Waals surface area (Å²) in [6, 6.07) is 26.2. The number of nitrogens with zero attached hydrogens (tertiary/aromatic N) is 2. The highest BCUT2D eigenvalue weighted by molar-refractivity contribution is 6.06. The van der Waals surface area contributed by atoms with Gasteiger partial charge in [-0.1, -0.05) is 60.7 Å². The zero-order chi connectivity index (χ0) is 37.9. The molecule has 3 aromatic heterocycles. The summed E-state index contributed by atoms with van der Waals surface area (Å²) in [5, 5.41) is 0. The van der Waals surface area contributed by atoms with Gasteiger partial charge in [-0.05, 0) is 59.7 Å². The Kier molecular flexibility index (Phi) is 9.73. The number of aromatic amines is 2. The SMILES string of the molecule is COC(=O)C(C(=O)OC)c1c2nc(c(-c3ccccc3)c3ccc([nH]3)c(C(C(=O)OC)C(=O)OC)c3ccc([nH]3)c(-c3ccccc3)c3nc1C=C3)C=C2. The van der Waals surface area contributed by atoms with Crippen molar-refractivity contribution in [2.45, 2.75) is 11.8 Å². The van der Waals surface area contributed by atoms with E-state index in [1.807, 2.05) is 72.8 Å². The standard InChI is InChI=1S/C42H34N4O8/c1-51-39(47)37(40(48)52-2)35-29-19-15-25(43-29)33(23-11-7-5-8-12-23)27-17-21-31(45-27)36(38(41(49)53-3)42(50)54-4)32-22-18-28(46-32)34(24-13-9-6-10-14-24)26-16-20-30(35)44-26/h5-22,37-38,43-44H,1-4H3. The summed E-state index contributed by atoms with van der Waals surface area (Å²) in [5.74, 6) is -6.26. The van der Waals surface area contributed by atoms with E-state index < -0.39 is 35.7 Å². The average Bonchev–Trinajstić information content (AvgIpc) is 4.05. The van der Waals surface area contributed by atoms with Crippen molar-refractivity contribution in [1.82, 2.24) is 19.9 Å². The van der Waals surface area contributed by atoms with Crippen molar-refractivity contribution in [2.75, 3.05) is 28.4 Å². The van der Waals surface area contributed by atoms with Crippen LogP contribution in [0.3, 0.4) is 0 Å². The molecular weight excluding hydrogens is 688 g/mol. The number of nitrogens with one attached hydrogen (secondary N) is 2. The van der Waals surface area contributed by atoms with Gasteiger partial charge in [0.05, 0.1) is 51.2 Å². The number of esters is 4. The molecular formula is C42H34N4O8. The van der Waals surface area contributed by atoms with Crippen LogP contribution >= 0.6 is 0 Å². The van der Waals surface area contributed by atoms with Crippen LogP contribution < -0.4 is 0 Å². The number of carbonyl (C=O) groups excluding carboxylic acids is 4. The van der Waals surface area contributed by atoms with Gasteiger partial charge >= 0.3 is 23.9 Å². The minimum absolute atomic E-state index is 0.201. The Morgan fingerprint density at radius 1 is 0.444 bits per heavy atom. The number of hydrogen-bond donors (Lipinski definition) is 2. The molecule has 12 heteroatoms. The van der Waals surface area contributed by atoms with E-state index in [1.54, 1.807) is 36.4 Å². The lowest BCUT2D eigenvalue weighted by molar-refractivity contribution is -0.155. The first-order valence-corrected chi connectivity index (χ1v) is 16.9. The monoisotopic (exact) mass is 722 g/mol. The first kappa shape index (κ1) is 35.3. The molecule has 5 aromatic rings. The Balaban J connectivity index is 1.72. The number of benzene rings is 2. The van der Waals surface area contributed by atoms with E-state index in [2.05, 4.69) is 9.97 Å². The number of rotatable bonds is 8. The largest absolute Gasteiger partial charge is 0.468 e.